The molecule has 0 spiro atoms. The topological polar surface area (TPSA) is 44.7 Å². The van der Waals surface area contributed by atoms with Gasteiger partial charge in [0.25, 0.3) is 0 Å². The molecule has 0 saturated heterocycles. The molecule has 2 heterocycles. The normalized spacial score (nSPS) is 19.3. The summed E-state index contributed by atoms with van der Waals surface area (Å²) in [7, 11) is 0. The highest BCUT2D eigenvalue weighted by molar-refractivity contribution is 8.16. The third kappa shape index (κ3) is 2.58. The van der Waals surface area contributed by atoms with Crippen LogP contribution in [0.5, 0.6) is 0 Å². The number of carbonyl (C=O) groups is 1. The summed E-state index contributed by atoms with van der Waals surface area (Å²) in [6, 6.07) is 0. The van der Waals surface area contributed by atoms with Crippen LogP contribution in [0.25, 0.3) is 0 Å². The van der Waals surface area contributed by atoms with E-state index >= 15 is 0 Å². The fourth-order valence-corrected chi connectivity index (χ4v) is 2.70. The van der Waals surface area contributed by atoms with Crippen molar-refractivity contribution in [2.45, 2.75) is 32.7 Å². The minimum Gasteiger partial charge on any atom is -0.351 e. The van der Waals surface area contributed by atoms with Gasteiger partial charge in [-0.25, -0.2) is 0 Å². The van der Waals surface area contributed by atoms with E-state index < -0.39 is 0 Å². The van der Waals surface area contributed by atoms with Crippen LogP contribution in [0.15, 0.2) is 16.1 Å². The van der Waals surface area contributed by atoms with Crippen molar-refractivity contribution in [2.75, 3.05) is 13.1 Å². The predicted octanol–water partition coefficient (Wildman–Crippen LogP) is 1.55. The van der Waals surface area contributed by atoms with Crippen molar-refractivity contribution < 1.29 is 4.79 Å². The monoisotopic (exact) mass is 239 g/mol. The van der Waals surface area contributed by atoms with Crippen molar-refractivity contribution in [1.29, 1.82) is 0 Å². The zero-order valence-electron chi connectivity index (χ0n) is 9.91. The lowest BCUT2D eigenvalue weighted by Gasteiger charge is -2.22. The Morgan fingerprint density at radius 2 is 2.38 bits per heavy atom. The van der Waals surface area contributed by atoms with Gasteiger partial charge in [-0.1, -0.05) is 11.8 Å². The summed E-state index contributed by atoms with van der Waals surface area (Å²) >= 11 is 1.61. The van der Waals surface area contributed by atoms with Crippen molar-refractivity contribution in [2.24, 2.45) is 4.99 Å². The van der Waals surface area contributed by atoms with Gasteiger partial charge in [0, 0.05) is 17.8 Å². The maximum absolute atomic E-state index is 11.8. The molecule has 4 nitrogen and oxygen atoms in total. The van der Waals surface area contributed by atoms with E-state index in [1.807, 2.05) is 26.2 Å². The van der Waals surface area contributed by atoms with Crippen LogP contribution in [-0.4, -0.2) is 34.6 Å². The summed E-state index contributed by atoms with van der Waals surface area (Å²) in [5.41, 5.74) is 0.911. The van der Waals surface area contributed by atoms with E-state index in [4.69, 9.17) is 0 Å². The average molecular weight is 239 g/mol. The molecular weight excluding hydrogens is 222 g/mol. The molecule has 0 aliphatic carbocycles. The second kappa shape index (κ2) is 4.13. The van der Waals surface area contributed by atoms with Crippen molar-refractivity contribution in [1.82, 2.24) is 10.2 Å². The highest BCUT2D eigenvalue weighted by Crippen LogP contribution is 2.30. The fourth-order valence-electron chi connectivity index (χ4n) is 1.74. The molecule has 2 rings (SSSR count). The van der Waals surface area contributed by atoms with Gasteiger partial charge in [-0.3, -0.25) is 9.79 Å². The standard InChI is InChI=1S/C11H17N3OS/c1-11(2,3)13-9(15)6-8-7-16-10-12-4-5-14(8)10/h7H,4-6H2,1-3H3,(H,13,15). The Kier molecular flexibility index (Phi) is 2.97. The third-order valence-corrected chi connectivity index (χ3v) is 3.25. The first-order valence-electron chi connectivity index (χ1n) is 5.44. The van der Waals surface area contributed by atoms with E-state index in [2.05, 4.69) is 15.2 Å². The number of thioether (sulfide) groups is 1. The molecule has 0 radical (unpaired) electrons. The number of fused-ring (bicyclic) bond motifs is 1. The molecule has 0 unspecified atom stereocenters. The zero-order chi connectivity index (χ0) is 11.8. The van der Waals surface area contributed by atoms with Crippen LogP contribution in [0.2, 0.25) is 0 Å². The molecule has 1 N–H and O–H groups in total. The minimum atomic E-state index is -0.161. The lowest BCUT2D eigenvalue weighted by molar-refractivity contribution is -0.122. The Hall–Kier alpha value is -0.970. The van der Waals surface area contributed by atoms with Gasteiger partial charge in [0.05, 0.1) is 13.0 Å². The second-order valence-electron chi connectivity index (χ2n) is 5.02. The molecule has 0 aromatic carbocycles. The van der Waals surface area contributed by atoms with Gasteiger partial charge in [0.15, 0.2) is 5.17 Å². The summed E-state index contributed by atoms with van der Waals surface area (Å²) < 4.78 is 0. The summed E-state index contributed by atoms with van der Waals surface area (Å²) in [6.07, 6.45) is 0.448. The van der Waals surface area contributed by atoms with E-state index in [1.54, 1.807) is 11.8 Å². The molecule has 0 saturated carbocycles. The number of amidine groups is 1. The summed E-state index contributed by atoms with van der Waals surface area (Å²) in [6.45, 7) is 7.74. The number of rotatable bonds is 2. The SMILES string of the molecule is CC(C)(C)NC(=O)CC1=CSC2=NCCN12. The molecule has 0 fully saturated rings. The Morgan fingerprint density at radius 3 is 3.06 bits per heavy atom. The largest absolute Gasteiger partial charge is 0.351 e. The Labute approximate surface area is 100 Å². The van der Waals surface area contributed by atoms with Crippen LogP contribution in [0.4, 0.5) is 0 Å². The molecular formula is C11H17N3OS. The van der Waals surface area contributed by atoms with Gasteiger partial charge in [-0.15, -0.1) is 0 Å². The quantitative estimate of drug-likeness (QED) is 0.795. The lowest BCUT2D eigenvalue weighted by Crippen LogP contribution is -2.41. The van der Waals surface area contributed by atoms with Crippen molar-refractivity contribution in [3.8, 4) is 0 Å². The van der Waals surface area contributed by atoms with E-state index in [9.17, 15) is 4.79 Å². The van der Waals surface area contributed by atoms with Gasteiger partial charge >= 0.3 is 0 Å². The lowest BCUT2D eigenvalue weighted by atomic mass is 10.1. The third-order valence-electron chi connectivity index (χ3n) is 2.30. The molecule has 0 atom stereocenters. The van der Waals surface area contributed by atoms with Gasteiger partial charge in [-0.2, -0.15) is 0 Å². The fraction of sp³-hybridized carbons (Fsp3) is 0.636. The van der Waals surface area contributed by atoms with Crippen LogP contribution in [0.1, 0.15) is 27.2 Å². The highest BCUT2D eigenvalue weighted by atomic mass is 32.2. The van der Waals surface area contributed by atoms with Crippen molar-refractivity contribution in [3.05, 3.63) is 11.1 Å². The average Bonchev–Trinajstić information content (AvgIpc) is 2.66. The molecule has 0 aromatic heterocycles. The number of hydrogen-bond donors (Lipinski definition) is 1. The predicted molar refractivity (Wildman–Crippen MR) is 67.2 cm³/mol. The molecule has 16 heavy (non-hydrogen) atoms. The highest BCUT2D eigenvalue weighted by Gasteiger charge is 2.27. The maximum atomic E-state index is 11.8. The van der Waals surface area contributed by atoms with Gasteiger partial charge in [0.2, 0.25) is 5.91 Å². The van der Waals surface area contributed by atoms with Crippen molar-refractivity contribution >= 4 is 22.8 Å². The smallest absolute Gasteiger partial charge is 0.226 e. The van der Waals surface area contributed by atoms with E-state index in [1.165, 1.54) is 0 Å². The Morgan fingerprint density at radius 1 is 1.62 bits per heavy atom. The van der Waals surface area contributed by atoms with Crippen LogP contribution in [-0.2, 0) is 4.79 Å². The Balaban J connectivity index is 1.91. The van der Waals surface area contributed by atoms with Gasteiger partial charge in [-0.05, 0) is 26.2 Å². The number of hydrogen-bond acceptors (Lipinski definition) is 4. The number of carbonyl (C=O) groups excluding carboxylic acids is 1. The molecule has 88 valence electrons. The van der Waals surface area contributed by atoms with Crippen LogP contribution in [0, 0.1) is 0 Å². The second-order valence-corrected chi connectivity index (χ2v) is 5.85. The first kappa shape index (κ1) is 11.5. The number of amides is 1. The van der Waals surface area contributed by atoms with Gasteiger partial charge < -0.3 is 10.2 Å². The van der Waals surface area contributed by atoms with Gasteiger partial charge in [0.1, 0.15) is 0 Å². The Bertz CT molecular complexity index is 368. The van der Waals surface area contributed by atoms with Crippen LogP contribution >= 0.6 is 11.8 Å². The maximum Gasteiger partial charge on any atom is 0.226 e. The number of nitrogens with zero attached hydrogens (tertiary/aromatic N) is 2. The number of aliphatic imine (C=N–C) groups is 1. The zero-order valence-corrected chi connectivity index (χ0v) is 10.7. The molecule has 0 aromatic rings. The molecule has 0 bridgehead atoms. The first-order chi connectivity index (χ1) is 7.46. The minimum absolute atomic E-state index is 0.0764. The van der Waals surface area contributed by atoms with Crippen molar-refractivity contribution in [3.63, 3.8) is 0 Å². The molecule has 5 heteroatoms. The van der Waals surface area contributed by atoms with E-state index in [0.717, 1.165) is 24.0 Å². The summed E-state index contributed by atoms with van der Waals surface area (Å²) in [4.78, 5) is 18.3. The molecule has 2 aliphatic heterocycles. The molecule has 1 amide bonds. The van der Waals surface area contributed by atoms with Crippen LogP contribution in [0.3, 0.4) is 0 Å². The summed E-state index contributed by atoms with van der Waals surface area (Å²) in [5.74, 6) is 0.0764. The van der Waals surface area contributed by atoms with Crippen LogP contribution < -0.4 is 5.32 Å². The molecule has 2 aliphatic rings. The van der Waals surface area contributed by atoms with E-state index in [0.29, 0.717) is 6.42 Å². The summed E-state index contributed by atoms with van der Waals surface area (Å²) in [5, 5.41) is 6.04. The van der Waals surface area contributed by atoms with E-state index in [-0.39, 0.29) is 11.4 Å². The number of nitrogens with one attached hydrogen (secondary N) is 1. The first-order valence-corrected chi connectivity index (χ1v) is 6.32.